The number of hydrogen-bond acceptors (Lipinski definition) is 5. The van der Waals surface area contributed by atoms with Crippen LogP contribution in [-0.2, 0) is 6.54 Å². The normalized spacial score (nSPS) is 10.6. The van der Waals surface area contributed by atoms with Crippen LogP contribution in [0.2, 0.25) is 0 Å². The molecule has 150 valence electrons. The van der Waals surface area contributed by atoms with E-state index < -0.39 is 0 Å². The molecule has 2 aromatic heterocycles. The summed E-state index contributed by atoms with van der Waals surface area (Å²) in [6.45, 7) is 2.17. The van der Waals surface area contributed by atoms with Crippen LogP contribution in [0, 0.1) is 12.7 Å². The van der Waals surface area contributed by atoms with Crippen LogP contribution in [0.4, 0.5) is 15.9 Å². The van der Waals surface area contributed by atoms with E-state index in [1.807, 2.05) is 25.1 Å². The molecule has 0 aliphatic heterocycles. The summed E-state index contributed by atoms with van der Waals surface area (Å²) in [5.41, 5.74) is 1.78. The quantitative estimate of drug-likeness (QED) is 0.482. The predicted molar refractivity (Wildman–Crippen MR) is 112 cm³/mol. The minimum Gasteiger partial charge on any atom is -0.465 e. The van der Waals surface area contributed by atoms with E-state index in [1.165, 1.54) is 12.1 Å². The number of carbonyl (C=O) groups excluding carboxylic acids is 1. The van der Waals surface area contributed by atoms with Crippen molar-refractivity contribution in [1.82, 2.24) is 15.3 Å². The summed E-state index contributed by atoms with van der Waals surface area (Å²) in [6.07, 6.45) is 1.59. The molecule has 30 heavy (non-hydrogen) atoms. The van der Waals surface area contributed by atoms with E-state index in [1.54, 1.807) is 42.6 Å². The number of nitrogens with zero attached hydrogens (tertiary/aromatic N) is 2. The Morgan fingerprint density at radius 2 is 1.93 bits per heavy atom. The summed E-state index contributed by atoms with van der Waals surface area (Å²) in [5, 5.41) is 5.99. The number of carbonyl (C=O) groups is 1. The molecule has 0 atom stereocenters. The summed E-state index contributed by atoms with van der Waals surface area (Å²) in [6, 6.07) is 18.6. The summed E-state index contributed by atoms with van der Waals surface area (Å²) >= 11 is 0. The van der Waals surface area contributed by atoms with E-state index in [2.05, 4.69) is 20.6 Å². The number of aryl methyl sites for hydroxylation is 1. The molecule has 0 aliphatic carbocycles. The van der Waals surface area contributed by atoms with Gasteiger partial charge in [0.1, 0.15) is 23.2 Å². The minimum atomic E-state index is -0.349. The molecule has 0 bridgehead atoms. The first-order chi connectivity index (χ1) is 14.6. The Hall–Kier alpha value is -4.00. The summed E-state index contributed by atoms with van der Waals surface area (Å²) < 4.78 is 18.9. The zero-order valence-electron chi connectivity index (χ0n) is 16.2. The van der Waals surface area contributed by atoms with Gasteiger partial charge in [0, 0.05) is 23.0 Å². The summed E-state index contributed by atoms with van der Waals surface area (Å²) in [5.74, 6) is 1.87. The first-order valence-corrected chi connectivity index (χ1v) is 9.36. The Morgan fingerprint density at radius 1 is 1.07 bits per heavy atom. The number of amides is 1. The van der Waals surface area contributed by atoms with Crippen molar-refractivity contribution in [3.8, 4) is 11.4 Å². The Kier molecular flexibility index (Phi) is 5.52. The number of nitrogens with one attached hydrogen (secondary N) is 2. The SMILES string of the molecule is Cc1ccc(CNC(=O)c2cccc(Nc3ccnc(-c4cccc(F)c4)n3)c2)o1. The maximum atomic E-state index is 13.5. The topological polar surface area (TPSA) is 80.0 Å². The van der Waals surface area contributed by atoms with E-state index >= 15 is 0 Å². The fraction of sp³-hybridized carbons (Fsp3) is 0.0870. The molecule has 0 fully saturated rings. The van der Waals surface area contributed by atoms with Crippen molar-refractivity contribution in [2.24, 2.45) is 0 Å². The lowest BCUT2D eigenvalue weighted by molar-refractivity contribution is 0.0948. The maximum Gasteiger partial charge on any atom is 0.251 e. The highest BCUT2D eigenvalue weighted by Crippen LogP contribution is 2.20. The van der Waals surface area contributed by atoms with Crippen LogP contribution in [0.1, 0.15) is 21.9 Å². The Balaban J connectivity index is 1.46. The van der Waals surface area contributed by atoms with E-state index in [4.69, 9.17) is 4.42 Å². The van der Waals surface area contributed by atoms with Crippen LogP contribution in [0.25, 0.3) is 11.4 Å². The van der Waals surface area contributed by atoms with Crippen molar-refractivity contribution in [3.63, 3.8) is 0 Å². The molecule has 0 spiro atoms. The van der Waals surface area contributed by atoms with E-state index in [0.29, 0.717) is 40.8 Å². The molecule has 0 saturated heterocycles. The van der Waals surface area contributed by atoms with Crippen LogP contribution in [0.3, 0.4) is 0 Å². The number of benzene rings is 2. The monoisotopic (exact) mass is 402 g/mol. The van der Waals surface area contributed by atoms with Crippen molar-refractivity contribution in [2.45, 2.75) is 13.5 Å². The smallest absolute Gasteiger partial charge is 0.251 e. The van der Waals surface area contributed by atoms with Gasteiger partial charge in [-0.2, -0.15) is 0 Å². The van der Waals surface area contributed by atoms with Crippen LogP contribution >= 0.6 is 0 Å². The highest BCUT2D eigenvalue weighted by atomic mass is 19.1. The number of hydrogen-bond donors (Lipinski definition) is 2. The summed E-state index contributed by atoms with van der Waals surface area (Å²) in [4.78, 5) is 21.1. The first-order valence-electron chi connectivity index (χ1n) is 9.36. The molecular formula is C23H19FN4O2. The lowest BCUT2D eigenvalue weighted by atomic mass is 10.2. The van der Waals surface area contributed by atoms with Gasteiger partial charge < -0.3 is 15.1 Å². The van der Waals surface area contributed by atoms with Crippen molar-refractivity contribution < 1.29 is 13.6 Å². The van der Waals surface area contributed by atoms with E-state index in [-0.39, 0.29) is 11.7 Å². The number of rotatable bonds is 6. The fourth-order valence-corrected chi connectivity index (χ4v) is 2.93. The molecule has 0 radical (unpaired) electrons. The Bertz CT molecular complexity index is 1190. The molecule has 2 heterocycles. The molecule has 2 N–H and O–H groups in total. The third-order valence-electron chi connectivity index (χ3n) is 4.35. The van der Waals surface area contributed by atoms with Crippen molar-refractivity contribution in [1.29, 1.82) is 0 Å². The highest BCUT2D eigenvalue weighted by Gasteiger charge is 2.09. The van der Waals surface area contributed by atoms with Gasteiger partial charge in [-0.05, 0) is 55.5 Å². The van der Waals surface area contributed by atoms with Gasteiger partial charge in [0.05, 0.1) is 6.54 Å². The predicted octanol–water partition coefficient (Wildman–Crippen LogP) is 4.86. The largest absolute Gasteiger partial charge is 0.465 e. The summed E-state index contributed by atoms with van der Waals surface area (Å²) in [7, 11) is 0. The van der Waals surface area contributed by atoms with E-state index in [0.717, 1.165) is 5.76 Å². The second-order valence-electron chi connectivity index (χ2n) is 6.68. The van der Waals surface area contributed by atoms with Crippen molar-refractivity contribution in [2.75, 3.05) is 5.32 Å². The molecule has 4 rings (SSSR count). The van der Waals surface area contributed by atoms with Gasteiger partial charge >= 0.3 is 0 Å². The van der Waals surface area contributed by atoms with Gasteiger partial charge in [0.2, 0.25) is 0 Å². The Labute approximate surface area is 172 Å². The number of halogens is 1. The van der Waals surface area contributed by atoms with Crippen LogP contribution < -0.4 is 10.6 Å². The highest BCUT2D eigenvalue weighted by molar-refractivity contribution is 5.95. The van der Waals surface area contributed by atoms with Gasteiger partial charge in [0.25, 0.3) is 5.91 Å². The second kappa shape index (κ2) is 8.57. The molecule has 6 nitrogen and oxygen atoms in total. The average molecular weight is 402 g/mol. The van der Waals surface area contributed by atoms with Crippen molar-refractivity contribution in [3.05, 3.63) is 95.8 Å². The number of aromatic nitrogens is 2. The van der Waals surface area contributed by atoms with Gasteiger partial charge in [-0.1, -0.05) is 18.2 Å². The van der Waals surface area contributed by atoms with Crippen LogP contribution in [0.5, 0.6) is 0 Å². The third kappa shape index (κ3) is 4.70. The van der Waals surface area contributed by atoms with Gasteiger partial charge in [0.15, 0.2) is 5.82 Å². The number of anilines is 2. The molecule has 0 unspecified atom stereocenters. The molecule has 7 heteroatoms. The molecular weight excluding hydrogens is 383 g/mol. The van der Waals surface area contributed by atoms with Gasteiger partial charge in [-0.15, -0.1) is 0 Å². The molecule has 1 amide bonds. The zero-order valence-corrected chi connectivity index (χ0v) is 16.2. The third-order valence-corrected chi connectivity index (χ3v) is 4.35. The lowest BCUT2D eigenvalue weighted by Gasteiger charge is -2.09. The molecule has 0 aliphatic rings. The van der Waals surface area contributed by atoms with Crippen LogP contribution in [-0.4, -0.2) is 15.9 Å². The second-order valence-corrected chi connectivity index (χ2v) is 6.68. The fourth-order valence-electron chi connectivity index (χ4n) is 2.93. The number of furan rings is 1. The first kappa shape index (κ1) is 19.3. The molecule has 2 aromatic carbocycles. The minimum absolute atomic E-state index is 0.212. The van der Waals surface area contributed by atoms with Gasteiger partial charge in [-0.3, -0.25) is 4.79 Å². The van der Waals surface area contributed by atoms with Gasteiger partial charge in [-0.25, -0.2) is 14.4 Å². The van der Waals surface area contributed by atoms with Crippen molar-refractivity contribution >= 4 is 17.4 Å². The van der Waals surface area contributed by atoms with E-state index in [9.17, 15) is 9.18 Å². The standard InChI is InChI=1S/C23H19FN4O2/c1-15-8-9-20(30-15)14-26-23(29)17-5-3-7-19(13-17)27-21-10-11-25-22(28-21)16-4-2-6-18(24)12-16/h2-13H,14H2,1H3,(H,26,29)(H,25,27,28). The zero-order chi connectivity index (χ0) is 20.9. The maximum absolute atomic E-state index is 13.5. The molecule has 4 aromatic rings. The van der Waals surface area contributed by atoms with Crippen LogP contribution in [0.15, 0.2) is 77.3 Å². The Morgan fingerprint density at radius 3 is 2.73 bits per heavy atom. The lowest BCUT2D eigenvalue weighted by Crippen LogP contribution is -2.22. The molecule has 0 saturated carbocycles. The average Bonchev–Trinajstić information content (AvgIpc) is 3.17.